The average Bonchev–Trinajstić information content (AvgIpc) is 2.15. The monoisotopic (exact) mass is 208 g/mol. The summed E-state index contributed by atoms with van der Waals surface area (Å²) in [6, 6.07) is 4.66. The van der Waals surface area contributed by atoms with Gasteiger partial charge in [-0.05, 0) is 13.0 Å². The third-order valence-corrected chi connectivity index (χ3v) is 2.27. The van der Waals surface area contributed by atoms with Crippen molar-refractivity contribution in [2.75, 3.05) is 19.0 Å². The summed E-state index contributed by atoms with van der Waals surface area (Å²) in [5.41, 5.74) is 8.11. The number of rotatable bonds is 3. The predicted octanol–water partition coefficient (Wildman–Crippen LogP) is 1.15. The maximum absolute atomic E-state index is 10.8. The lowest BCUT2D eigenvalue weighted by Gasteiger charge is -2.20. The van der Waals surface area contributed by atoms with Gasteiger partial charge in [0, 0.05) is 25.3 Å². The van der Waals surface area contributed by atoms with Gasteiger partial charge in [-0.15, -0.1) is 0 Å². The van der Waals surface area contributed by atoms with E-state index in [-0.39, 0.29) is 0 Å². The molecule has 3 N–H and O–H groups in total. The van der Waals surface area contributed by atoms with Gasteiger partial charge in [-0.2, -0.15) is 0 Å². The number of hydrogen-bond acceptors (Lipinski definition) is 3. The largest absolute Gasteiger partial charge is 0.480 e. The Morgan fingerprint density at radius 3 is 2.53 bits per heavy atom. The van der Waals surface area contributed by atoms with Gasteiger partial charge in [0.15, 0.2) is 0 Å². The molecule has 1 rings (SSSR count). The van der Waals surface area contributed by atoms with Gasteiger partial charge in [0.05, 0.1) is 0 Å². The fourth-order valence-corrected chi connectivity index (χ4v) is 1.46. The Balaban J connectivity index is 3.24. The van der Waals surface area contributed by atoms with Gasteiger partial charge in [0.2, 0.25) is 0 Å². The minimum absolute atomic E-state index is 0.646. The number of aliphatic carboxylic acids is 1. The standard InChI is InChI=1S/C11H16N2O2/c1-7-4-5-9(13(2)3)8(6-7)10(12)11(14)15/h4-6,10H,12H2,1-3H3,(H,14,15). The van der Waals surface area contributed by atoms with Crippen LogP contribution in [0.1, 0.15) is 17.2 Å². The van der Waals surface area contributed by atoms with E-state index in [1.54, 1.807) is 0 Å². The number of hydrogen-bond donors (Lipinski definition) is 2. The van der Waals surface area contributed by atoms with E-state index in [1.165, 1.54) is 0 Å². The van der Waals surface area contributed by atoms with Crippen LogP contribution in [0.15, 0.2) is 18.2 Å². The molecule has 0 aliphatic heterocycles. The van der Waals surface area contributed by atoms with Crippen molar-refractivity contribution in [3.05, 3.63) is 29.3 Å². The van der Waals surface area contributed by atoms with Gasteiger partial charge in [-0.25, -0.2) is 0 Å². The van der Waals surface area contributed by atoms with Crippen molar-refractivity contribution in [2.45, 2.75) is 13.0 Å². The third kappa shape index (κ3) is 2.47. The third-order valence-electron chi connectivity index (χ3n) is 2.27. The van der Waals surface area contributed by atoms with Gasteiger partial charge in [0.1, 0.15) is 6.04 Å². The molecule has 1 atom stereocenters. The first kappa shape index (κ1) is 11.5. The van der Waals surface area contributed by atoms with E-state index in [4.69, 9.17) is 10.8 Å². The zero-order valence-corrected chi connectivity index (χ0v) is 9.19. The summed E-state index contributed by atoms with van der Waals surface area (Å²) < 4.78 is 0. The van der Waals surface area contributed by atoms with Gasteiger partial charge >= 0.3 is 5.97 Å². The fourth-order valence-electron chi connectivity index (χ4n) is 1.46. The Morgan fingerprint density at radius 1 is 1.47 bits per heavy atom. The Bertz CT molecular complexity index is 375. The first-order valence-electron chi connectivity index (χ1n) is 4.69. The van der Waals surface area contributed by atoms with E-state index >= 15 is 0 Å². The number of carbonyl (C=O) groups is 1. The summed E-state index contributed by atoms with van der Waals surface area (Å²) in [5.74, 6) is -1.01. The highest BCUT2D eigenvalue weighted by molar-refractivity contribution is 5.78. The van der Waals surface area contributed by atoms with Crippen molar-refractivity contribution in [1.82, 2.24) is 0 Å². The van der Waals surface area contributed by atoms with Crippen molar-refractivity contribution in [1.29, 1.82) is 0 Å². The second-order valence-corrected chi connectivity index (χ2v) is 3.77. The highest BCUT2D eigenvalue weighted by Crippen LogP contribution is 2.25. The number of anilines is 1. The lowest BCUT2D eigenvalue weighted by atomic mass is 10.0. The molecule has 82 valence electrons. The average molecular weight is 208 g/mol. The normalized spacial score (nSPS) is 12.3. The zero-order chi connectivity index (χ0) is 11.6. The fraction of sp³-hybridized carbons (Fsp3) is 0.364. The molecular formula is C11H16N2O2. The summed E-state index contributed by atoms with van der Waals surface area (Å²) >= 11 is 0. The molecule has 0 radical (unpaired) electrons. The van der Waals surface area contributed by atoms with E-state index in [9.17, 15) is 4.79 Å². The maximum atomic E-state index is 10.8. The predicted molar refractivity (Wildman–Crippen MR) is 60.1 cm³/mol. The van der Waals surface area contributed by atoms with Crippen molar-refractivity contribution in [2.24, 2.45) is 5.73 Å². The Hall–Kier alpha value is -1.55. The van der Waals surface area contributed by atoms with Crippen molar-refractivity contribution in [3.63, 3.8) is 0 Å². The SMILES string of the molecule is Cc1ccc(N(C)C)c(C(N)C(=O)O)c1. The van der Waals surface area contributed by atoms with E-state index in [0.29, 0.717) is 5.56 Å². The quantitative estimate of drug-likeness (QED) is 0.781. The molecule has 0 aromatic heterocycles. The van der Waals surface area contributed by atoms with Gasteiger partial charge in [0.25, 0.3) is 0 Å². The van der Waals surface area contributed by atoms with Crippen LogP contribution in [0, 0.1) is 6.92 Å². The van der Waals surface area contributed by atoms with E-state index < -0.39 is 12.0 Å². The van der Waals surface area contributed by atoms with E-state index in [1.807, 2.05) is 44.1 Å². The van der Waals surface area contributed by atoms with Crippen LogP contribution in [0.25, 0.3) is 0 Å². The van der Waals surface area contributed by atoms with Crippen LogP contribution in [-0.2, 0) is 4.79 Å². The van der Waals surface area contributed by atoms with Crippen LogP contribution >= 0.6 is 0 Å². The lowest BCUT2D eigenvalue weighted by Crippen LogP contribution is -2.24. The van der Waals surface area contributed by atoms with Crippen LogP contribution in [0.2, 0.25) is 0 Å². The molecule has 0 spiro atoms. The molecule has 15 heavy (non-hydrogen) atoms. The minimum Gasteiger partial charge on any atom is -0.480 e. The molecule has 0 fully saturated rings. The summed E-state index contributed by atoms with van der Waals surface area (Å²) in [4.78, 5) is 12.7. The van der Waals surface area contributed by atoms with Crippen LogP contribution in [-0.4, -0.2) is 25.2 Å². The minimum atomic E-state index is -1.01. The van der Waals surface area contributed by atoms with Crippen molar-refractivity contribution in [3.8, 4) is 0 Å². The van der Waals surface area contributed by atoms with Gasteiger partial charge in [-0.3, -0.25) is 4.79 Å². The van der Waals surface area contributed by atoms with Gasteiger partial charge < -0.3 is 15.7 Å². The van der Waals surface area contributed by atoms with Crippen LogP contribution < -0.4 is 10.6 Å². The molecule has 1 aromatic rings. The number of nitrogens with zero attached hydrogens (tertiary/aromatic N) is 1. The second kappa shape index (κ2) is 4.31. The number of carboxylic acid groups (broad SMARTS) is 1. The smallest absolute Gasteiger partial charge is 0.325 e. The topological polar surface area (TPSA) is 66.6 Å². The molecule has 1 aromatic carbocycles. The number of carboxylic acids is 1. The summed E-state index contributed by atoms with van der Waals surface area (Å²) in [6.45, 7) is 1.91. The lowest BCUT2D eigenvalue weighted by molar-refractivity contribution is -0.138. The van der Waals surface area contributed by atoms with Crippen molar-refractivity contribution < 1.29 is 9.90 Å². The van der Waals surface area contributed by atoms with Crippen LogP contribution in [0.5, 0.6) is 0 Å². The summed E-state index contributed by atoms with van der Waals surface area (Å²) in [6.07, 6.45) is 0. The molecule has 0 saturated carbocycles. The Kier molecular flexibility index (Phi) is 3.31. The molecule has 4 nitrogen and oxygen atoms in total. The Morgan fingerprint density at radius 2 is 2.07 bits per heavy atom. The molecule has 0 aliphatic carbocycles. The van der Waals surface area contributed by atoms with E-state index in [2.05, 4.69) is 0 Å². The van der Waals surface area contributed by atoms with Crippen LogP contribution in [0.4, 0.5) is 5.69 Å². The zero-order valence-electron chi connectivity index (χ0n) is 9.19. The second-order valence-electron chi connectivity index (χ2n) is 3.77. The first-order chi connectivity index (χ1) is 6.93. The first-order valence-corrected chi connectivity index (χ1v) is 4.69. The molecular weight excluding hydrogens is 192 g/mol. The molecule has 0 saturated heterocycles. The van der Waals surface area contributed by atoms with E-state index in [0.717, 1.165) is 11.3 Å². The molecule has 1 unspecified atom stereocenters. The molecule has 0 amide bonds. The molecule has 0 bridgehead atoms. The summed E-state index contributed by atoms with van der Waals surface area (Å²) in [5, 5.41) is 8.89. The maximum Gasteiger partial charge on any atom is 0.325 e. The number of benzene rings is 1. The van der Waals surface area contributed by atoms with Gasteiger partial charge in [-0.1, -0.05) is 17.7 Å². The molecule has 4 heteroatoms. The number of nitrogens with two attached hydrogens (primary N) is 1. The summed E-state index contributed by atoms with van der Waals surface area (Å²) in [7, 11) is 3.73. The highest BCUT2D eigenvalue weighted by Gasteiger charge is 2.18. The highest BCUT2D eigenvalue weighted by atomic mass is 16.4. The van der Waals surface area contributed by atoms with Crippen molar-refractivity contribution >= 4 is 11.7 Å². The number of aryl methyl sites for hydroxylation is 1. The molecule has 0 aliphatic rings. The van der Waals surface area contributed by atoms with Crippen LogP contribution in [0.3, 0.4) is 0 Å². The molecule has 0 heterocycles. The Labute approximate surface area is 89.3 Å².